The van der Waals surface area contributed by atoms with Crippen LogP contribution in [0.5, 0.6) is 0 Å². The summed E-state index contributed by atoms with van der Waals surface area (Å²) in [4.78, 5) is 41.7. The molecule has 0 radical (unpaired) electrons. The van der Waals surface area contributed by atoms with Crippen molar-refractivity contribution in [1.82, 2.24) is 15.3 Å². The molecular formula is C15H16N4O3S. The van der Waals surface area contributed by atoms with Gasteiger partial charge in [0.05, 0.1) is 5.69 Å². The maximum atomic E-state index is 12.0. The summed E-state index contributed by atoms with van der Waals surface area (Å²) in [5.41, 5.74) is 0.273. The normalized spacial score (nSPS) is 10.1. The van der Waals surface area contributed by atoms with Crippen LogP contribution in [-0.2, 0) is 11.2 Å². The molecule has 0 atom stereocenters. The quantitative estimate of drug-likeness (QED) is 0.665. The monoisotopic (exact) mass is 332 g/mol. The predicted octanol–water partition coefficient (Wildman–Crippen LogP) is 1.32. The molecule has 7 nitrogen and oxygen atoms in total. The number of hydrogen-bond acceptors (Lipinski definition) is 5. The number of nitrogens with one attached hydrogen (secondary N) is 3. The van der Waals surface area contributed by atoms with Gasteiger partial charge in [0, 0.05) is 24.5 Å². The second-order valence-corrected chi connectivity index (χ2v) is 5.46. The lowest BCUT2D eigenvalue weighted by Gasteiger charge is -2.01. The van der Waals surface area contributed by atoms with Crippen LogP contribution in [0.4, 0.5) is 5.13 Å². The van der Waals surface area contributed by atoms with E-state index in [2.05, 4.69) is 27.2 Å². The third kappa shape index (κ3) is 4.89. The number of aromatic amines is 1. The lowest BCUT2D eigenvalue weighted by atomic mass is 10.2. The van der Waals surface area contributed by atoms with Crippen molar-refractivity contribution < 1.29 is 9.59 Å². The zero-order valence-electron chi connectivity index (χ0n) is 12.3. The number of aryl methyl sites for hydroxylation is 1. The van der Waals surface area contributed by atoms with Crippen LogP contribution >= 0.6 is 11.3 Å². The largest absolute Gasteiger partial charge is 0.353 e. The van der Waals surface area contributed by atoms with E-state index >= 15 is 0 Å². The van der Waals surface area contributed by atoms with E-state index < -0.39 is 11.5 Å². The first-order valence-electron chi connectivity index (χ1n) is 6.91. The molecule has 0 saturated heterocycles. The first-order valence-corrected chi connectivity index (χ1v) is 7.79. The Morgan fingerprint density at radius 3 is 3.00 bits per heavy atom. The third-order valence-electron chi connectivity index (χ3n) is 2.89. The molecule has 0 spiro atoms. The molecule has 0 unspecified atom stereocenters. The minimum absolute atomic E-state index is 0.0213. The Bertz CT molecular complexity index is 766. The number of hydrogen-bond donors (Lipinski definition) is 3. The highest BCUT2D eigenvalue weighted by molar-refractivity contribution is 7.13. The zero-order valence-corrected chi connectivity index (χ0v) is 13.1. The van der Waals surface area contributed by atoms with Gasteiger partial charge in [-0.25, -0.2) is 4.98 Å². The van der Waals surface area contributed by atoms with Crippen LogP contribution in [0, 0.1) is 0 Å². The molecule has 2 aromatic rings. The molecule has 0 aliphatic heterocycles. The van der Waals surface area contributed by atoms with Crippen LogP contribution < -0.4 is 16.2 Å². The predicted molar refractivity (Wildman–Crippen MR) is 88.7 cm³/mol. The molecule has 2 rings (SSSR count). The minimum Gasteiger partial charge on any atom is -0.353 e. The van der Waals surface area contributed by atoms with Crippen molar-refractivity contribution in [3.8, 4) is 0 Å². The second kappa shape index (κ2) is 8.04. The van der Waals surface area contributed by atoms with Gasteiger partial charge in [-0.15, -0.1) is 17.9 Å². The molecular weight excluding hydrogens is 316 g/mol. The van der Waals surface area contributed by atoms with Crippen LogP contribution in [0.3, 0.4) is 0 Å². The zero-order chi connectivity index (χ0) is 16.7. The molecule has 2 aromatic heterocycles. The summed E-state index contributed by atoms with van der Waals surface area (Å²) in [6, 6.07) is 3.01. The van der Waals surface area contributed by atoms with Gasteiger partial charge < -0.3 is 10.3 Å². The Kier molecular flexibility index (Phi) is 5.81. The SMILES string of the molecule is C=CCNC(=O)CCc1csc(NC(=O)c2ccc[nH]c2=O)n1. The van der Waals surface area contributed by atoms with Gasteiger partial charge in [0.1, 0.15) is 5.56 Å². The van der Waals surface area contributed by atoms with Crippen molar-refractivity contribution in [1.29, 1.82) is 0 Å². The van der Waals surface area contributed by atoms with Crippen LogP contribution in [0.25, 0.3) is 0 Å². The number of thiazole rings is 1. The van der Waals surface area contributed by atoms with Crippen molar-refractivity contribution in [2.45, 2.75) is 12.8 Å². The van der Waals surface area contributed by atoms with Gasteiger partial charge in [-0.05, 0) is 18.6 Å². The fourth-order valence-corrected chi connectivity index (χ4v) is 2.50. The van der Waals surface area contributed by atoms with Gasteiger partial charge in [-0.1, -0.05) is 6.08 Å². The Labute approximate surface area is 136 Å². The third-order valence-corrected chi connectivity index (χ3v) is 3.69. The smallest absolute Gasteiger partial charge is 0.263 e. The number of pyridine rings is 1. The van der Waals surface area contributed by atoms with Crippen molar-refractivity contribution in [2.75, 3.05) is 11.9 Å². The molecule has 0 aromatic carbocycles. The number of carbonyl (C=O) groups is 2. The van der Waals surface area contributed by atoms with Crippen molar-refractivity contribution >= 4 is 28.3 Å². The number of amides is 2. The standard InChI is InChI=1S/C15H16N4O3S/c1-2-7-16-12(20)6-5-10-9-23-15(18-10)19-14(22)11-4-3-8-17-13(11)21/h2-4,8-9H,1,5-7H2,(H,16,20)(H,17,21)(H,18,19,22). The van der Waals surface area contributed by atoms with Gasteiger partial charge in [0.15, 0.2) is 5.13 Å². The molecule has 2 heterocycles. The molecule has 0 bridgehead atoms. The molecule has 8 heteroatoms. The lowest BCUT2D eigenvalue weighted by Crippen LogP contribution is -2.23. The van der Waals surface area contributed by atoms with Gasteiger partial charge in [-0.2, -0.15) is 0 Å². The van der Waals surface area contributed by atoms with E-state index in [1.807, 2.05) is 0 Å². The van der Waals surface area contributed by atoms with E-state index in [-0.39, 0.29) is 11.5 Å². The van der Waals surface area contributed by atoms with Crippen LogP contribution in [-0.4, -0.2) is 28.3 Å². The topological polar surface area (TPSA) is 104 Å². The molecule has 2 amide bonds. The van der Waals surface area contributed by atoms with Gasteiger partial charge in [0.25, 0.3) is 11.5 Å². The van der Waals surface area contributed by atoms with Crippen LogP contribution in [0.15, 0.2) is 41.2 Å². The van der Waals surface area contributed by atoms with Gasteiger partial charge >= 0.3 is 0 Å². The highest BCUT2D eigenvalue weighted by Crippen LogP contribution is 2.17. The van der Waals surface area contributed by atoms with Crippen molar-refractivity contribution in [3.63, 3.8) is 0 Å². The van der Waals surface area contributed by atoms with Crippen LogP contribution in [0.2, 0.25) is 0 Å². The summed E-state index contributed by atoms with van der Waals surface area (Å²) >= 11 is 1.24. The fourth-order valence-electron chi connectivity index (χ4n) is 1.76. The molecule has 0 aliphatic rings. The van der Waals surface area contributed by atoms with Crippen LogP contribution in [0.1, 0.15) is 22.5 Å². The van der Waals surface area contributed by atoms with Crippen molar-refractivity contribution in [3.05, 3.63) is 58.0 Å². The molecule has 0 saturated carbocycles. The maximum absolute atomic E-state index is 12.0. The summed E-state index contributed by atoms with van der Waals surface area (Å²) in [6.07, 6.45) is 3.85. The first-order chi connectivity index (χ1) is 11.1. The van der Waals surface area contributed by atoms with Gasteiger partial charge in [-0.3, -0.25) is 19.7 Å². The lowest BCUT2D eigenvalue weighted by molar-refractivity contribution is -0.120. The fraction of sp³-hybridized carbons (Fsp3) is 0.200. The number of carbonyl (C=O) groups excluding carboxylic acids is 2. The second-order valence-electron chi connectivity index (χ2n) is 4.60. The first kappa shape index (κ1) is 16.6. The number of anilines is 1. The average molecular weight is 332 g/mol. The van der Waals surface area contributed by atoms with Crippen molar-refractivity contribution in [2.24, 2.45) is 0 Å². The number of H-pyrrole nitrogens is 1. The summed E-state index contributed by atoms with van der Waals surface area (Å²) in [5.74, 6) is -0.601. The highest BCUT2D eigenvalue weighted by atomic mass is 32.1. The van der Waals surface area contributed by atoms with E-state index in [9.17, 15) is 14.4 Å². The summed E-state index contributed by atoms with van der Waals surface area (Å²) in [5, 5.41) is 7.41. The molecule has 3 N–H and O–H groups in total. The average Bonchev–Trinajstić information content (AvgIpc) is 2.98. The molecule has 23 heavy (non-hydrogen) atoms. The maximum Gasteiger partial charge on any atom is 0.263 e. The van der Waals surface area contributed by atoms with E-state index in [0.29, 0.717) is 30.2 Å². The summed E-state index contributed by atoms with van der Waals surface area (Å²) < 4.78 is 0. The minimum atomic E-state index is -0.517. The summed E-state index contributed by atoms with van der Waals surface area (Å²) in [7, 11) is 0. The Hall–Kier alpha value is -2.74. The van der Waals surface area contributed by atoms with E-state index in [1.165, 1.54) is 23.6 Å². The van der Waals surface area contributed by atoms with E-state index in [1.54, 1.807) is 17.5 Å². The molecule has 0 aliphatic carbocycles. The number of nitrogens with zero attached hydrogens (tertiary/aromatic N) is 1. The molecule has 120 valence electrons. The highest BCUT2D eigenvalue weighted by Gasteiger charge is 2.12. The molecule has 0 fully saturated rings. The summed E-state index contributed by atoms with van der Waals surface area (Å²) in [6.45, 7) is 3.96. The van der Waals surface area contributed by atoms with E-state index in [0.717, 1.165) is 0 Å². The Morgan fingerprint density at radius 2 is 2.26 bits per heavy atom. The number of rotatable bonds is 7. The Morgan fingerprint density at radius 1 is 1.43 bits per heavy atom. The Balaban J connectivity index is 1.91. The van der Waals surface area contributed by atoms with Gasteiger partial charge in [0.2, 0.25) is 5.91 Å². The number of aromatic nitrogens is 2. The van der Waals surface area contributed by atoms with E-state index in [4.69, 9.17) is 0 Å².